The zero-order valence-electron chi connectivity index (χ0n) is 11.6. The van der Waals surface area contributed by atoms with Gasteiger partial charge in [0.1, 0.15) is 0 Å². The van der Waals surface area contributed by atoms with Crippen LogP contribution in [-0.2, 0) is 16.1 Å². The predicted molar refractivity (Wildman–Crippen MR) is 86.4 cm³/mol. The number of amides is 1. The lowest BCUT2D eigenvalue weighted by Crippen LogP contribution is -2.39. The molecule has 2 aliphatic rings. The van der Waals surface area contributed by atoms with Gasteiger partial charge in [-0.05, 0) is 36.0 Å². The number of nitrogens with one attached hydrogen (secondary N) is 1. The average Bonchev–Trinajstić information content (AvgIpc) is 3.06. The van der Waals surface area contributed by atoms with E-state index >= 15 is 0 Å². The van der Waals surface area contributed by atoms with Gasteiger partial charge in [-0.15, -0.1) is 0 Å². The van der Waals surface area contributed by atoms with Crippen molar-refractivity contribution >= 4 is 39.4 Å². The van der Waals surface area contributed by atoms with Crippen molar-refractivity contribution in [1.82, 2.24) is 5.32 Å². The minimum atomic E-state index is -0.890. The molecule has 1 saturated carbocycles. The zero-order valence-corrected chi connectivity index (χ0v) is 14.0. The van der Waals surface area contributed by atoms with Crippen LogP contribution in [0.1, 0.15) is 12.0 Å². The van der Waals surface area contributed by atoms with Crippen LogP contribution < -0.4 is 5.32 Å². The third-order valence-corrected chi connectivity index (χ3v) is 5.36. The van der Waals surface area contributed by atoms with E-state index in [4.69, 9.17) is 11.6 Å². The first-order chi connectivity index (χ1) is 10.5. The zero-order chi connectivity index (χ0) is 15.9. The van der Waals surface area contributed by atoms with Gasteiger partial charge in [-0.2, -0.15) is 0 Å². The van der Waals surface area contributed by atoms with Gasteiger partial charge in [0.05, 0.1) is 11.8 Å². The van der Waals surface area contributed by atoms with E-state index in [0.29, 0.717) is 11.6 Å². The number of hydrogen-bond acceptors (Lipinski definition) is 2. The maximum atomic E-state index is 12.4. The molecule has 0 heterocycles. The van der Waals surface area contributed by atoms with Crippen molar-refractivity contribution in [1.29, 1.82) is 0 Å². The Morgan fingerprint density at radius 2 is 1.95 bits per heavy atom. The molecule has 4 unspecified atom stereocenters. The summed E-state index contributed by atoms with van der Waals surface area (Å²) in [7, 11) is 0. The molecule has 2 aliphatic carbocycles. The SMILES string of the molecule is O=C(O)C1C2C=CC(C2)C1C(=O)NCc1ccc(Br)cc1Cl. The van der Waals surface area contributed by atoms with Gasteiger partial charge in [-0.3, -0.25) is 9.59 Å². The molecular weight excluding hydrogens is 370 g/mol. The predicted octanol–water partition coefficient (Wildman–Crippen LogP) is 3.24. The van der Waals surface area contributed by atoms with Crippen molar-refractivity contribution in [2.75, 3.05) is 0 Å². The van der Waals surface area contributed by atoms with E-state index in [1.807, 2.05) is 24.3 Å². The fraction of sp³-hybridized carbons (Fsp3) is 0.375. The fourth-order valence-electron chi connectivity index (χ4n) is 3.48. The maximum Gasteiger partial charge on any atom is 0.307 e. The number of carbonyl (C=O) groups excluding carboxylic acids is 1. The lowest BCUT2D eigenvalue weighted by atomic mass is 9.82. The quantitative estimate of drug-likeness (QED) is 0.783. The molecule has 1 aromatic rings. The molecule has 3 rings (SSSR count). The van der Waals surface area contributed by atoms with Crippen LogP contribution in [-0.4, -0.2) is 17.0 Å². The molecule has 2 N–H and O–H groups in total. The van der Waals surface area contributed by atoms with E-state index in [1.165, 1.54) is 0 Å². The molecule has 1 fully saturated rings. The van der Waals surface area contributed by atoms with Crippen molar-refractivity contribution < 1.29 is 14.7 Å². The molecule has 0 spiro atoms. The van der Waals surface area contributed by atoms with Gasteiger partial charge >= 0.3 is 5.97 Å². The first-order valence-corrected chi connectivity index (χ1v) is 8.27. The number of carboxylic acid groups (broad SMARTS) is 1. The molecule has 22 heavy (non-hydrogen) atoms. The fourth-order valence-corrected chi connectivity index (χ4v) is 4.22. The number of hydrogen-bond donors (Lipinski definition) is 2. The molecule has 0 aliphatic heterocycles. The monoisotopic (exact) mass is 383 g/mol. The highest BCUT2D eigenvalue weighted by molar-refractivity contribution is 9.10. The normalized spacial score (nSPS) is 28.8. The van der Waals surface area contributed by atoms with Crippen molar-refractivity contribution in [3.05, 3.63) is 45.4 Å². The van der Waals surface area contributed by atoms with E-state index in [9.17, 15) is 14.7 Å². The summed E-state index contributed by atoms with van der Waals surface area (Å²) in [5, 5.41) is 12.8. The number of carbonyl (C=O) groups is 2. The van der Waals surface area contributed by atoms with Crippen LogP contribution in [0.2, 0.25) is 5.02 Å². The number of halogens is 2. The Morgan fingerprint density at radius 3 is 2.59 bits per heavy atom. The van der Waals surface area contributed by atoms with Crippen molar-refractivity contribution in [2.24, 2.45) is 23.7 Å². The second kappa shape index (κ2) is 6.05. The maximum absolute atomic E-state index is 12.4. The standard InChI is InChI=1S/C16H15BrClNO3/c17-11-4-3-10(12(18)6-11)7-19-15(20)13-8-1-2-9(5-8)14(13)16(21)22/h1-4,6,8-9,13-14H,5,7H2,(H,19,20)(H,21,22). The van der Waals surface area contributed by atoms with E-state index in [2.05, 4.69) is 21.2 Å². The number of carboxylic acids is 1. The highest BCUT2D eigenvalue weighted by atomic mass is 79.9. The molecule has 1 aromatic carbocycles. The minimum absolute atomic E-state index is 0.0190. The second-order valence-corrected chi connectivity index (χ2v) is 7.11. The molecule has 0 aromatic heterocycles. The van der Waals surface area contributed by atoms with Gasteiger partial charge in [0.2, 0.25) is 5.91 Å². The van der Waals surface area contributed by atoms with Crippen molar-refractivity contribution in [3.8, 4) is 0 Å². The Labute approximate surface area is 141 Å². The number of rotatable bonds is 4. The number of aliphatic carboxylic acids is 1. The molecule has 4 nitrogen and oxygen atoms in total. The van der Waals surface area contributed by atoms with E-state index in [1.54, 1.807) is 6.07 Å². The van der Waals surface area contributed by atoms with Crippen LogP contribution in [0.5, 0.6) is 0 Å². The Hall–Kier alpha value is -1.33. The van der Waals surface area contributed by atoms with Crippen LogP contribution >= 0.6 is 27.5 Å². The van der Waals surface area contributed by atoms with E-state index in [-0.39, 0.29) is 17.7 Å². The van der Waals surface area contributed by atoms with Crippen molar-refractivity contribution in [3.63, 3.8) is 0 Å². The third-order valence-electron chi connectivity index (χ3n) is 4.52. The Bertz CT molecular complexity index is 661. The summed E-state index contributed by atoms with van der Waals surface area (Å²) < 4.78 is 0.872. The smallest absolute Gasteiger partial charge is 0.307 e. The summed E-state index contributed by atoms with van der Waals surface area (Å²) in [5.74, 6) is -2.18. The highest BCUT2D eigenvalue weighted by Crippen LogP contribution is 2.48. The van der Waals surface area contributed by atoms with Crippen LogP contribution in [0, 0.1) is 23.7 Å². The number of fused-ring (bicyclic) bond motifs is 2. The number of benzene rings is 1. The van der Waals surface area contributed by atoms with Gasteiger partial charge in [0.15, 0.2) is 0 Å². The summed E-state index contributed by atoms with van der Waals surface area (Å²) in [4.78, 5) is 23.9. The highest BCUT2D eigenvalue weighted by Gasteiger charge is 2.51. The molecule has 4 atom stereocenters. The largest absolute Gasteiger partial charge is 0.481 e. The van der Waals surface area contributed by atoms with Gasteiger partial charge in [-0.25, -0.2) is 0 Å². The average molecular weight is 385 g/mol. The summed E-state index contributed by atoms with van der Waals surface area (Å²) in [6, 6.07) is 5.46. The lowest BCUT2D eigenvalue weighted by Gasteiger charge is -2.24. The Morgan fingerprint density at radius 1 is 1.27 bits per heavy atom. The minimum Gasteiger partial charge on any atom is -0.481 e. The van der Waals surface area contributed by atoms with Crippen LogP contribution in [0.15, 0.2) is 34.8 Å². The van der Waals surface area contributed by atoms with Gasteiger partial charge in [0.25, 0.3) is 0 Å². The molecule has 1 amide bonds. The summed E-state index contributed by atoms with van der Waals surface area (Å²) in [6.45, 7) is 0.300. The van der Waals surface area contributed by atoms with Crippen LogP contribution in [0.3, 0.4) is 0 Å². The topological polar surface area (TPSA) is 66.4 Å². The van der Waals surface area contributed by atoms with Gasteiger partial charge in [0, 0.05) is 16.0 Å². The lowest BCUT2D eigenvalue weighted by molar-refractivity contribution is -0.147. The van der Waals surface area contributed by atoms with E-state index < -0.39 is 17.8 Å². The molecule has 6 heteroatoms. The summed E-state index contributed by atoms with van der Waals surface area (Å²) in [6.07, 6.45) is 4.66. The van der Waals surface area contributed by atoms with Gasteiger partial charge < -0.3 is 10.4 Å². The first kappa shape index (κ1) is 15.6. The third kappa shape index (κ3) is 2.79. The molecule has 2 bridgehead atoms. The second-order valence-electron chi connectivity index (χ2n) is 5.79. The Balaban J connectivity index is 1.69. The van der Waals surface area contributed by atoms with Crippen LogP contribution in [0.4, 0.5) is 0 Å². The molecular formula is C16H15BrClNO3. The summed E-state index contributed by atoms with van der Waals surface area (Å²) in [5.41, 5.74) is 0.809. The Kier molecular flexibility index (Phi) is 4.28. The summed E-state index contributed by atoms with van der Waals surface area (Å²) >= 11 is 9.46. The van der Waals surface area contributed by atoms with Gasteiger partial charge in [-0.1, -0.05) is 45.7 Å². The number of allylic oxidation sites excluding steroid dienone is 2. The van der Waals surface area contributed by atoms with E-state index in [0.717, 1.165) is 16.5 Å². The van der Waals surface area contributed by atoms with Crippen LogP contribution in [0.25, 0.3) is 0 Å². The first-order valence-electron chi connectivity index (χ1n) is 7.10. The van der Waals surface area contributed by atoms with Crippen molar-refractivity contribution in [2.45, 2.75) is 13.0 Å². The molecule has 0 saturated heterocycles. The molecule has 116 valence electrons. The molecule has 0 radical (unpaired) electrons.